The number of fused-ring (bicyclic) bond motifs is 1. The molecule has 0 fully saturated rings. The summed E-state index contributed by atoms with van der Waals surface area (Å²) in [6.45, 7) is 3.96. The van der Waals surface area contributed by atoms with Crippen LogP contribution in [-0.2, 0) is 0 Å². The van der Waals surface area contributed by atoms with Gasteiger partial charge in [-0.05, 0) is 51.7 Å². The van der Waals surface area contributed by atoms with Crippen LogP contribution in [0.3, 0.4) is 0 Å². The zero-order valence-corrected chi connectivity index (χ0v) is 16.1. The van der Waals surface area contributed by atoms with Crippen LogP contribution in [0.25, 0.3) is 0 Å². The average Bonchev–Trinajstić information content (AvgIpc) is 2.61. The Morgan fingerprint density at radius 3 is 2.44 bits per heavy atom. The molecule has 1 aliphatic rings. The molecule has 3 nitrogen and oxygen atoms in total. The second-order valence-corrected chi connectivity index (χ2v) is 8.22. The molecule has 0 amide bonds. The van der Waals surface area contributed by atoms with Crippen LogP contribution in [0, 0.1) is 0 Å². The number of para-hydroxylation sites is 1. The van der Waals surface area contributed by atoms with Crippen LogP contribution in [0.1, 0.15) is 24.9 Å². The molecule has 0 aromatic heterocycles. The van der Waals surface area contributed by atoms with Crippen LogP contribution in [0.5, 0.6) is 0 Å². The Kier molecular flexibility index (Phi) is 6.05. The van der Waals surface area contributed by atoms with Crippen LogP contribution in [-0.4, -0.2) is 48.5 Å². The van der Waals surface area contributed by atoms with Gasteiger partial charge < -0.3 is 14.9 Å². The lowest BCUT2D eigenvalue weighted by Crippen LogP contribution is -2.43. The number of thioether (sulfide) groups is 1. The van der Waals surface area contributed by atoms with Crippen molar-refractivity contribution in [3.63, 3.8) is 0 Å². The summed E-state index contributed by atoms with van der Waals surface area (Å²) in [7, 11) is 4.24. The third-order valence-electron chi connectivity index (χ3n) is 4.71. The van der Waals surface area contributed by atoms with E-state index in [1.54, 1.807) is 0 Å². The molecule has 0 saturated heterocycles. The standard InChI is InChI=1S/C21H28N2OS/c1-16(24)21-20(17-10-5-4-6-11-17)23(15-9-14-22(2)3)18-12-7-8-13-19(18)25-21/h4-8,10-13,16,20-21,24H,9,14-15H2,1-3H3. The Hall–Kier alpha value is -1.49. The summed E-state index contributed by atoms with van der Waals surface area (Å²) in [5.74, 6) is 0. The van der Waals surface area contributed by atoms with Crippen molar-refractivity contribution in [3.8, 4) is 0 Å². The fourth-order valence-corrected chi connectivity index (χ4v) is 4.92. The quantitative estimate of drug-likeness (QED) is 0.845. The fourth-order valence-electron chi connectivity index (χ4n) is 3.53. The average molecular weight is 357 g/mol. The van der Waals surface area contributed by atoms with E-state index in [1.165, 1.54) is 16.1 Å². The first-order chi connectivity index (χ1) is 12.1. The van der Waals surface area contributed by atoms with Gasteiger partial charge >= 0.3 is 0 Å². The lowest BCUT2D eigenvalue weighted by atomic mass is 9.97. The SMILES string of the molecule is CC(O)C1Sc2ccccc2N(CCCN(C)C)C1c1ccccc1. The van der Waals surface area contributed by atoms with Crippen LogP contribution < -0.4 is 4.90 Å². The van der Waals surface area contributed by atoms with Gasteiger partial charge in [-0.3, -0.25) is 0 Å². The van der Waals surface area contributed by atoms with Gasteiger partial charge in [0.15, 0.2) is 0 Å². The number of hydrogen-bond donors (Lipinski definition) is 1. The van der Waals surface area contributed by atoms with Crippen molar-refractivity contribution in [2.75, 3.05) is 32.1 Å². The van der Waals surface area contributed by atoms with Crippen LogP contribution in [0.2, 0.25) is 0 Å². The Morgan fingerprint density at radius 2 is 1.76 bits per heavy atom. The first kappa shape index (κ1) is 18.3. The molecular weight excluding hydrogens is 328 g/mol. The monoisotopic (exact) mass is 356 g/mol. The maximum atomic E-state index is 10.5. The molecule has 0 saturated carbocycles. The molecule has 134 valence electrons. The van der Waals surface area contributed by atoms with Crippen molar-refractivity contribution in [2.45, 2.75) is 35.6 Å². The van der Waals surface area contributed by atoms with E-state index >= 15 is 0 Å². The highest BCUT2D eigenvalue weighted by Crippen LogP contribution is 2.48. The van der Waals surface area contributed by atoms with Crippen molar-refractivity contribution in [2.24, 2.45) is 0 Å². The normalized spacial score (nSPS) is 21.2. The van der Waals surface area contributed by atoms with E-state index in [4.69, 9.17) is 0 Å². The van der Waals surface area contributed by atoms with Gasteiger partial charge in [0.2, 0.25) is 0 Å². The minimum atomic E-state index is -0.375. The van der Waals surface area contributed by atoms with Crippen molar-refractivity contribution < 1.29 is 5.11 Å². The number of rotatable bonds is 6. The predicted octanol–water partition coefficient (Wildman–Crippen LogP) is 4.04. The van der Waals surface area contributed by atoms with Gasteiger partial charge in [0.05, 0.1) is 23.1 Å². The fraction of sp³-hybridized carbons (Fsp3) is 0.429. The highest BCUT2D eigenvalue weighted by atomic mass is 32.2. The first-order valence-corrected chi connectivity index (χ1v) is 9.86. The van der Waals surface area contributed by atoms with E-state index in [0.29, 0.717) is 0 Å². The molecule has 4 heteroatoms. The molecule has 25 heavy (non-hydrogen) atoms. The molecule has 3 unspecified atom stereocenters. The summed E-state index contributed by atoms with van der Waals surface area (Å²) in [6, 6.07) is 19.4. The van der Waals surface area contributed by atoms with Gasteiger partial charge in [0, 0.05) is 11.4 Å². The third-order valence-corrected chi connectivity index (χ3v) is 6.23. The Balaban J connectivity index is 1.99. The summed E-state index contributed by atoms with van der Waals surface area (Å²) in [4.78, 5) is 6.00. The molecule has 3 atom stereocenters. The summed E-state index contributed by atoms with van der Waals surface area (Å²) >= 11 is 1.81. The van der Waals surface area contributed by atoms with Crippen LogP contribution in [0.15, 0.2) is 59.5 Å². The first-order valence-electron chi connectivity index (χ1n) is 8.98. The van der Waals surface area contributed by atoms with E-state index in [2.05, 4.69) is 78.5 Å². The second-order valence-electron chi connectivity index (χ2n) is 7.00. The van der Waals surface area contributed by atoms with E-state index in [-0.39, 0.29) is 17.4 Å². The van der Waals surface area contributed by atoms with Crippen molar-refractivity contribution in [3.05, 3.63) is 60.2 Å². The molecule has 0 radical (unpaired) electrons. The molecule has 1 N–H and O–H groups in total. The number of aliphatic hydroxyl groups excluding tert-OH is 1. The minimum Gasteiger partial charge on any atom is -0.392 e. The summed E-state index contributed by atoms with van der Waals surface area (Å²) in [5.41, 5.74) is 2.57. The van der Waals surface area contributed by atoms with Crippen LogP contribution in [0.4, 0.5) is 5.69 Å². The smallest absolute Gasteiger partial charge is 0.0690 e. The molecular formula is C21H28N2OS. The maximum absolute atomic E-state index is 10.5. The Morgan fingerprint density at radius 1 is 1.08 bits per heavy atom. The maximum Gasteiger partial charge on any atom is 0.0690 e. The third kappa shape index (κ3) is 4.20. The van der Waals surface area contributed by atoms with Gasteiger partial charge in [-0.25, -0.2) is 0 Å². The number of aliphatic hydroxyl groups is 1. The molecule has 0 bridgehead atoms. The zero-order chi connectivity index (χ0) is 17.8. The Bertz CT molecular complexity index is 675. The van der Waals surface area contributed by atoms with Crippen molar-refractivity contribution >= 4 is 17.4 Å². The second kappa shape index (κ2) is 8.26. The van der Waals surface area contributed by atoms with Crippen molar-refractivity contribution in [1.29, 1.82) is 0 Å². The largest absolute Gasteiger partial charge is 0.392 e. The molecule has 2 aromatic carbocycles. The van der Waals surface area contributed by atoms with E-state index in [1.807, 2.05) is 18.7 Å². The van der Waals surface area contributed by atoms with Gasteiger partial charge in [0.1, 0.15) is 0 Å². The molecule has 1 aliphatic heterocycles. The molecule has 2 aromatic rings. The highest BCUT2D eigenvalue weighted by molar-refractivity contribution is 8.00. The Labute approximate surface area is 155 Å². The number of benzene rings is 2. The lowest BCUT2D eigenvalue weighted by molar-refractivity contribution is 0.178. The zero-order valence-electron chi connectivity index (χ0n) is 15.3. The molecule has 1 heterocycles. The molecule has 0 aliphatic carbocycles. The highest BCUT2D eigenvalue weighted by Gasteiger charge is 2.38. The summed E-state index contributed by atoms with van der Waals surface area (Å²) in [6.07, 6.45) is 0.724. The number of hydrogen-bond acceptors (Lipinski definition) is 4. The number of nitrogens with zero attached hydrogens (tertiary/aromatic N) is 2. The van der Waals surface area contributed by atoms with Gasteiger partial charge in [0.25, 0.3) is 0 Å². The van der Waals surface area contributed by atoms with E-state index in [9.17, 15) is 5.11 Å². The van der Waals surface area contributed by atoms with E-state index in [0.717, 1.165) is 19.5 Å². The minimum absolute atomic E-state index is 0.122. The van der Waals surface area contributed by atoms with Gasteiger partial charge in [-0.15, -0.1) is 11.8 Å². The summed E-state index contributed by atoms with van der Waals surface area (Å²) < 4.78 is 0. The lowest BCUT2D eigenvalue weighted by Gasteiger charge is -2.45. The van der Waals surface area contributed by atoms with Gasteiger partial charge in [-0.2, -0.15) is 0 Å². The topological polar surface area (TPSA) is 26.7 Å². The molecule has 3 rings (SSSR count). The molecule has 0 spiro atoms. The van der Waals surface area contributed by atoms with Crippen molar-refractivity contribution in [1.82, 2.24) is 4.90 Å². The van der Waals surface area contributed by atoms with E-state index < -0.39 is 0 Å². The number of anilines is 1. The summed E-state index contributed by atoms with van der Waals surface area (Å²) in [5, 5.41) is 10.6. The van der Waals surface area contributed by atoms with Gasteiger partial charge in [-0.1, -0.05) is 42.5 Å². The predicted molar refractivity (Wildman–Crippen MR) is 107 cm³/mol. The van der Waals surface area contributed by atoms with Crippen LogP contribution >= 0.6 is 11.8 Å².